The molecule has 160 valence electrons. The number of likely N-dealkylation sites (N-methyl/N-ethyl adjacent to an activating group) is 1. The number of carbonyl (C=O) groups is 3. The Kier molecular flexibility index (Phi) is 8.34. The van der Waals surface area contributed by atoms with Crippen LogP contribution in [0.25, 0.3) is 0 Å². The van der Waals surface area contributed by atoms with Gasteiger partial charge in [0, 0.05) is 12.7 Å². The number of ether oxygens (including phenoxy) is 2. The van der Waals surface area contributed by atoms with Gasteiger partial charge in [0.25, 0.3) is 5.91 Å². The average Bonchev–Trinajstić information content (AvgIpc) is 2.72. The summed E-state index contributed by atoms with van der Waals surface area (Å²) in [6.07, 6.45) is 0. The van der Waals surface area contributed by atoms with Crippen molar-refractivity contribution in [3.63, 3.8) is 0 Å². The summed E-state index contributed by atoms with van der Waals surface area (Å²) in [5, 5.41) is 2.55. The summed E-state index contributed by atoms with van der Waals surface area (Å²) in [4.78, 5) is 37.5. The molecule has 7 nitrogen and oxygen atoms in total. The molecule has 0 unspecified atom stereocenters. The number of nitrogens with zero attached hydrogens (tertiary/aromatic N) is 1. The Morgan fingerprint density at radius 1 is 1.10 bits per heavy atom. The third-order valence-corrected chi connectivity index (χ3v) is 3.91. The minimum absolute atomic E-state index is 0.244. The van der Waals surface area contributed by atoms with Crippen LogP contribution in [0.3, 0.4) is 0 Å². The van der Waals surface area contributed by atoms with Crippen LogP contribution in [-0.2, 0) is 14.3 Å². The molecule has 0 saturated carbocycles. The summed E-state index contributed by atoms with van der Waals surface area (Å²) in [5.74, 6) is -1.20. The lowest BCUT2D eigenvalue weighted by Gasteiger charge is -2.17. The van der Waals surface area contributed by atoms with Crippen LogP contribution < -0.4 is 10.1 Å². The van der Waals surface area contributed by atoms with Crippen molar-refractivity contribution in [1.29, 1.82) is 0 Å². The van der Waals surface area contributed by atoms with E-state index in [0.717, 1.165) is 4.90 Å². The molecule has 0 radical (unpaired) electrons. The first kappa shape index (κ1) is 22.9. The zero-order valence-electron chi connectivity index (χ0n) is 17.2. The van der Waals surface area contributed by atoms with E-state index in [9.17, 15) is 18.8 Å². The first-order valence-corrected chi connectivity index (χ1v) is 9.44. The topological polar surface area (TPSA) is 84.9 Å². The van der Waals surface area contributed by atoms with Gasteiger partial charge in [-0.2, -0.15) is 0 Å². The van der Waals surface area contributed by atoms with Gasteiger partial charge in [0.05, 0.1) is 18.7 Å². The highest BCUT2D eigenvalue weighted by molar-refractivity contribution is 5.95. The van der Waals surface area contributed by atoms with E-state index < -0.39 is 30.2 Å². The molecule has 0 fully saturated rings. The number of amides is 2. The van der Waals surface area contributed by atoms with Gasteiger partial charge in [0.2, 0.25) is 5.91 Å². The fraction of sp³-hybridized carbons (Fsp3) is 0.318. The Balaban J connectivity index is 1.81. The lowest BCUT2D eigenvalue weighted by molar-refractivity contribution is -0.136. The fourth-order valence-electron chi connectivity index (χ4n) is 2.33. The van der Waals surface area contributed by atoms with E-state index in [4.69, 9.17) is 9.47 Å². The van der Waals surface area contributed by atoms with Crippen molar-refractivity contribution in [2.75, 3.05) is 32.1 Å². The minimum Gasteiger partial charge on any atom is -0.493 e. The Labute approximate surface area is 174 Å². The molecule has 2 aromatic carbocycles. The van der Waals surface area contributed by atoms with Gasteiger partial charge in [-0.1, -0.05) is 19.9 Å². The molecule has 30 heavy (non-hydrogen) atoms. The molecule has 0 atom stereocenters. The number of esters is 1. The van der Waals surface area contributed by atoms with E-state index in [1.807, 2.05) is 13.8 Å². The number of rotatable bonds is 9. The molecular formula is C22H25FN2O5. The lowest BCUT2D eigenvalue weighted by Crippen LogP contribution is -2.37. The van der Waals surface area contributed by atoms with Crippen molar-refractivity contribution >= 4 is 23.5 Å². The van der Waals surface area contributed by atoms with Gasteiger partial charge < -0.3 is 19.7 Å². The van der Waals surface area contributed by atoms with Crippen LogP contribution in [0.2, 0.25) is 0 Å². The minimum atomic E-state index is -0.664. The maximum Gasteiger partial charge on any atom is 0.338 e. The first-order valence-electron chi connectivity index (χ1n) is 9.44. The largest absolute Gasteiger partial charge is 0.493 e. The number of carbonyl (C=O) groups excluding carboxylic acids is 3. The third kappa shape index (κ3) is 7.54. The van der Waals surface area contributed by atoms with Gasteiger partial charge in [-0.25, -0.2) is 9.18 Å². The number of hydrogen-bond donors (Lipinski definition) is 1. The smallest absolute Gasteiger partial charge is 0.338 e. The van der Waals surface area contributed by atoms with E-state index >= 15 is 0 Å². The van der Waals surface area contributed by atoms with Crippen LogP contribution in [0.15, 0.2) is 48.5 Å². The molecule has 8 heteroatoms. The van der Waals surface area contributed by atoms with Crippen molar-refractivity contribution < 1.29 is 28.2 Å². The molecule has 1 N–H and O–H groups in total. The Morgan fingerprint density at radius 3 is 2.47 bits per heavy atom. The van der Waals surface area contributed by atoms with Gasteiger partial charge in [-0.05, 0) is 48.4 Å². The summed E-state index contributed by atoms with van der Waals surface area (Å²) in [6.45, 7) is 3.80. The maximum absolute atomic E-state index is 12.9. The standard InChI is InChI=1S/C22H25FN2O5/c1-15(2)13-29-19-6-4-5-16(11-19)22(28)30-14-21(27)25(3)12-20(26)24-18-9-7-17(23)8-10-18/h4-11,15H,12-14H2,1-3H3,(H,24,26). The zero-order chi connectivity index (χ0) is 22.1. The number of anilines is 1. The van der Waals surface area contributed by atoms with Crippen LogP contribution in [0.4, 0.5) is 10.1 Å². The van der Waals surface area contributed by atoms with Gasteiger partial charge in [-0.15, -0.1) is 0 Å². The monoisotopic (exact) mass is 416 g/mol. The SMILES string of the molecule is CC(C)COc1cccc(C(=O)OCC(=O)N(C)CC(=O)Nc2ccc(F)cc2)c1. The summed E-state index contributed by atoms with van der Waals surface area (Å²) in [5.41, 5.74) is 0.675. The molecule has 0 bridgehead atoms. The maximum atomic E-state index is 12.9. The van der Waals surface area contributed by atoms with Crippen molar-refractivity contribution in [3.05, 3.63) is 59.9 Å². The van der Waals surface area contributed by atoms with E-state index in [2.05, 4.69) is 5.32 Å². The van der Waals surface area contributed by atoms with E-state index in [0.29, 0.717) is 24.0 Å². The Morgan fingerprint density at radius 2 is 1.80 bits per heavy atom. The van der Waals surface area contributed by atoms with Crippen molar-refractivity contribution in [2.24, 2.45) is 5.92 Å². The molecule has 2 rings (SSSR count). The molecule has 0 spiro atoms. The van der Waals surface area contributed by atoms with Crippen molar-refractivity contribution in [2.45, 2.75) is 13.8 Å². The normalized spacial score (nSPS) is 10.4. The van der Waals surface area contributed by atoms with Gasteiger partial charge in [0.1, 0.15) is 11.6 Å². The van der Waals surface area contributed by atoms with Crippen LogP contribution >= 0.6 is 0 Å². The Bertz CT molecular complexity index is 883. The average molecular weight is 416 g/mol. The number of benzene rings is 2. The second-order valence-corrected chi connectivity index (χ2v) is 7.11. The predicted molar refractivity (Wildman–Crippen MR) is 110 cm³/mol. The summed E-state index contributed by atoms with van der Waals surface area (Å²) < 4.78 is 23.5. The van der Waals surface area contributed by atoms with Gasteiger partial charge >= 0.3 is 5.97 Å². The molecule has 0 aliphatic heterocycles. The number of nitrogens with one attached hydrogen (secondary N) is 1. The third-order valence-electron chi connectivity index (χ3n) is 3.91. The first-order chi connectivity index (χ1) is 14.2. The number of halogens is 1. The van der Waals surface area contributed by atoms with Crippen LogP contribution in [0.1, 0.15) is 24.2 Å². The molecule has 0 aliphatic rings. The molecule has 2 amide bonds. The summed E-state index contributed by atoms with van der Waals surface area (Å²) >= 11 is 0. The summed E-state index contributed by atoms with van der Waals surface area (Å²) in [7, 11) is 1.42. The quantitative estimate of drug-likeness (QED) is 0.635. The van der Waals surface area contributed by atoms with Crippen LogP contribution in [0, 0.1) is 11.7 Å². The van der Waals surface area contributed by atoms with Crippen molar-refractivity contribution in [1.82, 2.24) is 4.90 Å². The molecule has 2 aromatic rings. The predicted octanol–water partition coefficient (Wildman–Crippen LogP) is 3.11. The lowest BCUT2D eigenvalue weighted by atomic mass is 10.2. The van der Waals surface area contributed by atoms with E-state index in [-0.39, 0.29) is 12.1 Å². The molecule has 0 saturated heterocycles. The van der Waals surface area contributed by atoms with Crippen LogP contribution in [-0.4, -0.2) is 49.5 Å². The highest BCUT2D eigenvalue weighted by Gasteiger charge is 2.16. The number of hydrogen-bond acceptors (Lipinski definition) is 5. The van der Waals surface area contributed by atoms with Gasteiger partial charge in [-0.3, -0.25) is 9.59 Å². The highest BCUT2D eigenvalue weighted by atomic mass is 19.1. The Hall–Kier alpha value is -3.42. The highest BCUT2D eigenvalue weighted by Crippen LogP contribution is 2.15. The van der Waals surface area contributed by atoms with E-state index in [1.165, 1.54) is 31.3 Å². The molecule has 0 heterocycles. The molecule has 0 aromatic heterocycles. The fourth-order valence-corrected chi connectivity index (χ4v) is 2.33. The molecular weight excluding hydrogens is 391 g/mol. The van der Waals surface area contributed by atoms with Crippen LogP contribution in [0.5, 0.6) is 5.75 Å². The summed E-state index contributed by atoms with van der Waals surface area (Å²) in [6, 6.07) is 11.8. The molecule has 0 aliphatic carbocycles. The van der Waals surface area contributed by atoms with Crippen molar-refractivity contribution in [3.8, 4) is 5.75 Å². The van der Waals surface area contributed by atoms with Gasteiger partial charge in [0.15, 0.2) is 6.61 Å². The second-order valence-electron chi connectivity index (χ2n) is 7.11. The van der Waals surface area contributed by atoms with E-state index in [1.54, 1.807) is 24.3 Å². The second kappa shape index (κ2) is 10.9. The zero-order valence-corrected chi connectivity index (χ0v) is 17.2.